The van der Waals surface area contributed by atoms with Crippen LogP contribution in [0.25, 0.3) is 0 Å². The zero-order valence-corrected chi connectivity index (χ0v) is 14.3. The summed E-state index contributed by atoms with van der Waals surface area (Å²) in [6.45, 7) is 8.93. The molecule has 6 heteroatoms. The monoisotopic (exact) mass is 329 g/mol. The Bertz CT molecular complexity index is 718. The maximum atomic E-state index is 12.7. The Morgan fingerprint density at radius 1 is 1.29 bits per heavy atom. The Morgan fingerprint density at radius 2 is 2.04 bits per heavy atom. The van der Waals surface area contributed by atoms with Gasteiger partial charge in [0.25, 0.3) is 5.91 Å². The maximum absolute atomic E-state index is 12.7. The highest BCUT2D eigenvalue weighted by Crippen LogP contribution is 2.25. The van der Waals surface area contributed by atoms with E-state index in [-0.39, 0.29) is 11.8 Å². The lowest BCUT2D eigenvalue weighted by Crippen LogP contribution is -2.36. The van der Waals surface area contributed by atoms with Crippen LogP contribution in [0, 0.1) is 6.92 Å². The van der Waals surface area contributed by atoms with Crippen LogP contribution < -0.4 is 10.2 Å². The average molecular weight is 329 g/mol. The summed E-state index contributed by atoms with van der Waals surface area (Å²) >= 11 is 0. The molecule has 1 saturated heterocycles. The second-order valence-electron chi connectivity index (χ2n) is 6.27. The first-order valence-corrected chi connectivity index (χ1v) is 8.26. The predicted octanol–water partition coefficient (Wildman–Crippen LogP) is 3.20. The van der Waals surface area contributed by atoms with Gasteiger partial charge in [0.2, 0.25) is 0 Å². The van der Waals surface area contributed by atoms with Gasteiger partial charge in [-0.2, -0.15) is 0 Å². The SMILES string of the molecule is Cc1noc(C(C)C)c1C(=O)Nc1cccc(N2CCOCC2)c1. The molecule has 0 aliphatic carbocycles. The van der Waals surface area contributed by atoms with Gasteiger partial charge in [-0.1, -0.05) is 25.1 Å². The van der Waals surface area contributed by atoms with Gasteiger partial charge in [-0.15, -0.1) is 0 Å². The number of aryl methyl sites for hydroxylation is 1. The quantitative estimate of drug-likeness (QED) is 0.933. The van der Waals surface area contributed by atoms with Gasteiger partial charge in [0.15, 0.2) is 5.76 Å². The van der Waals surface area contributed by atoms with Crippen molar-refractivity contribution >= 4 is 17.3 Å². The molecule has 1 fully saturated rings. The molecule has 0 atom stereocenters. The Hall–Kier alpha value is -2.34. The van der Waals surface area contributed by atoms with Crippen molar-refractivity contribution < 1.29 is 14.1 Å². The molecule has 128 valence electrons. The van der Waals surface area contributed by atoms with Crippen molar-refractivity contribution in [2.24, 2.45) is 0 Å². The Labute approximate surface area is 141 Å². The fourth-order valence-electron chi connectivity index (χ4n) is 2.85. The van der Waals surface area contributed by atoms with Gasteiger partial charge < -0.3 is 19.5 Å². The minimum Gasteiger partial charge on any atom is -0.378 e. The molecule has 0 spiro atoms. The molecular weight excluding hydrogens is 306 g/mol. The van der Waals surface area contributed by atoms with Gasteiger partial charge in [0, 0.05) is 30.4 Å². The number of nitrogens with one attached hydrogen (secondary N) is 1. The normalized spacial score (nSPS) is 14.9. The average Bonchev–Trinajstić information content (AvgIpc) is 2.98. The van der Waals surface area contributed by atoms with Crippen LogP contribution in [0.2, 0.25) is 0 Å². The number of aromatic nitrogens is 1. The predicted molar refractivity (Wildman–Crippen MR) is 92.8 cm³/mol. The van der Waals surface area contributed by atoms with E-state index >= 15 is 0 Å². The van der Waals surface area contributed by atoms with Crippen LogP contribution >= 0.6 is 0 Å². The highest BCUT2D eigenvalue weighted by Gasteiger charge is 2.22. The molecule has 6 nitrogen and oxygen atoms in total. The Morgan fingerprint density at radius 3 is 2.75 bits per heavy atom. The first-order chi connectivity index (χ1) is 11.6. The fraction of sp³-hybridized carbons (Fsp3) is 0.444. The summed E-state index contributed by atoms with van der Waals surface area (Å²) in [5.74, 6) is 0.539. The number of amides is 1. The van der Waals surface area contributed by atoms with Crippen molar-refractivity contribution in [1.29, 1.82) is 0 Å². The van der Waals surface area contributed by atoms with Crippen molar-refractivity contribution in [3.05, 3.63) is 41.3 Å². The molecule has 1 amide bonds. The number of carbonyl (C=O) groups excluding carboxylic acids is 1. The summed E-state index contributed by atoms with van der Waals surface area (Å²) in [6.07, 6.45) is 0. The molecule has 24 heavy (non-hydrogen) atoms. The Kier molecular flexibility index (Phi) is 4.85. The Balaban J connectivity index is 1.79. The van der Waals surface area contributed by atoms with Crippen molar-refractivity contribution in [3.8, 4) is 0 Å². The molecule has 1 aliphatic heterocycles. The van der Waals surface area contributed by atoms with Gasteiger partial charge in [-0.25, -0.2) is 0 Å². The molecule has 1 N–H and O–H groups in total. The zero-order valence-electron chi connectivity index (χ0n) is 14.3. The van der Waals surface area contributed by atoms with E-state index in [4.69, 9.17) is 9.26 Å². The molecular formula is C18H23N3O3. The number of carbonyl (C=O) groups is 1. The van der Waals surface area contributed by atoms with Gasteiger partial charge in [0.05, 0.1) is 18.9 Å². The third kappa shape index (κ3) is 3.43. The van der Waals surface area contributed by atoms with Crippen LogP contribution in [0.1, 0.15) is 41.6 Å². The molecule has 0 unspecified atom stereocenters. The highest BCUT2D eigenvalue weighted by atomic mass is 16.5. The van der Waals surface area contributed by atoms with Gasteiger partial charge >= 0.3 is 0 Å². The number of morpholine rings is 1. The number of ether oxygens (including phenoxy) is 1. The van der Waals surface area contributed by atoms with E-state index in [0.717, 1.165) is 37.7 Å². The molecule has 2 heterocycles. The molecule has 2 aromatic rings. The van der Waals surface area contributed by atoms with Gasteiger partial charge in [-0.3, -0.25) is 4.79 Å². The molecule has 1 aromatic heterocycles. The standard InChI is InChI=1S/C18H23N3O3/c1-12(2)17-16(13(3)20-24-17)18(22)19-14-5-4-6-15(11-14)21-7-9-23-10-8-21/h4-6,11-12H,7-10H2,1-3H3,(H,19,22). The lowest BCUT2D eigenvalue weighted by Gasteiger charge is -2.29. The smallest absolute Gasteiger partial charge is 0.261 e. The number of nitrogens with zero attached hydrogens (tertiary/aromatic N) is 2. The third-order valence-electron chi connectivity index (χ3n) is 4.12. The van der Waals surface area contributed by atoms with Crippen molar-refractivity contribution in [1.82, 2.24) is 5.16 Å². The number of hydrogen-bond donors (Lipinski definition) is 1. The molecule has 3 rings (SSSR count). The number of rotatable bonds is 4. The van der Waals surface area contributed by atoms with E-state index in [0.29, 0.717) is 17.0 Å². The zero-order chi connectivity index (χ0) is 17.1. The highest BCUT2D eigenvalue weighted by molar-refractivity contribution is 6.06. The second kappa shape index (κ2) is 7.05. The molecule has 0 bridgehead atoms. The summed E-state index contributed by atoms with van der Waals surface area (Å²) < 4.78 is 10.7. The second-order valence-corrected chi connectivity index (χ2v) is 6.27. The van der Waals surface area contributed by atoms with Gasteiger partial charge in [-0.05, 0) is 25.1 Å². The number of hydrogen-bond acceptors (Lipinski definition) is 5. The summed E-state index contributed by atoms with van der Waals surface area (Å²) in [6, 6.07) is 7.87. The largest absolute Gasteiger partial charge is 0.378 e. The van der Waals surface area contributed by atoms with Crippen LogP contribution in [-0.2, 0) is 4.74 Å². The van der Waals surface area contributed by atoms with E-state index < -0.39 is 0 Å². The van der Waals surface area contributed by atoms with Crippen molar-refractivity contribution in [3.63, 3.8) is 0 Å². The van der Waals surface area contributed by atoms with Gasteiger partial charge in [0.1, 0.15) is 5.56 Å². The topological polar surface area (TPSA) is 67.6 Å². The first kappa shape index (κ1) is 16.5. The van der Waals surface area contributed by atoms with Crippen LogP contribution in [0.4, 0.5) is 11.4 Å². The van der Waals surface area contributed by atoms with E-state index in [9.17, 15) is 4.79 Å². The maximum Gasteiger partial charge on any atom is 0.261 e. The molecule has 1 aromatic carbocycles. The van der Waals surface area contributed by atoms with Crippen molar-refractivity contribution in [2.45, 2.75) is 26.7 Å². The van der Waals surface area contributed by atoms with Crippen LogP contribution in [0.15, 0.2) is 28.8 Å². The lowest BCUT2D eigenvalue weighted by atomic mass is 10.0. The first-order valence-electron chi connectivity index (χ1n) is 8.26. The van der Waals surface area contributed by atoms with Crippen molar-refractivity contribution in [2.75, 3.05) is 36.5 Å². The summed E-state index contributed by atoms with van der Waals surface area (Å²) in [5, 5.41) is 6.90. The van der Waals surface area contributed by atoms with E-state index in [1.54, 1.807) is 6.92 Å². The number of anilines is 2. The van der Waals surface area contributed by atoms with Crippen LogP contribution in [0.3, 0.4) is 0 Å². The summed E-state index contributed by atoms with van der Waals surface area (Å²) in [4.78, 5) is 14.9. The minimum absolute atomic E-state index is 0.103. The summed E-state index contributed by atoms with van der Waals surface area (Å²) in [7, 11) is 0. The molecule has 0 saturated carbocycles. The van der Waals surface area contributed by atoms with E-state index in [1.807, 2.05) is 38.1 Å². The van der Waals surface area contributed by atoms with E-state index in [2.05, 4.69) is 15.4 Å². The summed E-state index contributed by atoms with van der Waals surface area (Å²) in [5.41, 5.74) is 2.99. The minimum atomic E-state index is -0.184. The lowest BCUT2D eigenvalue weighted by molar-refractivity contribution is 0.102. The molecule has 1 aliphatic rings. The van der Waals surface area contributed by atoms with E-state index in [1.165, 1.54) is 0 Å². The van der Waals surface area contributed by atoms with Crippen LogP contribution in [-0.4, -0.2) is 37.4 Å². The third-order valence-corrected chi connectivity index (χ3v) is 4.12. The number of benzene rings is 1. The van der Waals surface area contributed by atoms with Crippen LogP contribution in [0.5, 0.6) is 0 Å². The fourth-order valence-corrected chi connectivity index (χ4v) is 2.85. The molecule has 0 radical (unpaired) electrons.